The molecule has 2 aliphatic carbocycles. The zero-order valence-corrected chi connectivity index (χ0v) is 23.7. The van der Waals surface area contributed by atoms with Gasteiger partial charge in [-0.15, -0.1) is 0 Å². The number of amides is 2. The van der Waals surface area contributed by atoms with Crippen LogP contribution >= 0.6 is 0 Å². The molecule has 6 rings (SSSR count). The first kappa shape index (κ1) is 29.1. The molecule has 1 saturated heterocycles. The van der Waals surface area contributed by atoms with Gasteiger partial charge in [0.1, 0.15) is 18.2 Å². The Labute approximate surface area is 247 Å². The number of rotatable bonds is 10. The average molecular weight is 597 g/mol. The molecule has 0 unspecified atom stereocenters. The molecule has 43 heavy (non-hydrogen) atoms. The lowest BCUT2D eigenvalue weighted by Gasteiger charge is -2.27. The number of nitrogens with zero attached hydrogens (tertiary/aromatic N) is 4. The van der Waals surface area contributed by atoms with Crippen molar-refractivity contribution in [3.63, 3.8) is 0 Å². The summed E-state index contributed by atoms with van der Waals surface area (Å²) in [6.07, 6.45) is 4.87. The standard InChI is InChI=1S/C30H34F2N6O5/c31-19-1-3-20(4-2-19)35-28(39)30(8-9-30)29(40)36-21-5-6-23(22(32)17-21)43-24-7-10-33-27-26(24)37-25(18-34-27)42-16-13-38-11-14-41-15-12-38/h5-7,10,17-20H,1-4,8-9,11-16H2,(H,35,39)(H,36,40). The number of hydrogen-bond acceptors (Lipinski definition) is 9. The van der Waals surface area contributed by atoms with Gasteiger partial charge in [0, 0.05) is 49.7 Å². The van der Waals surface area contributed by atoms with Crippen molar-refractivity contribution in [1.82, 2.24) is 25.2 Å². The van der Waals surface area contributed by atoms with Gasteiger partial charge in [0.25, 0.3) is 0 Å². The minimum Gasteiger partial charge on any atom is -0.475 e. The fraction of sp³-hybridized carbons (Fsp3) is 0.500. The highest BCUT2D eigenvalue weighted by Gasteiger charge is 2.56. The number of anilines is 1. The Morgan fingerprint density at radius 2 is 1.84 bits per heavy atom. The van der Waals surface area contributed by atoms with Crippen LogP contribution in [0.15, 0.2) is 36.7 Å². The van der Waals surface area contributed by atoms with E-state index < -0.39 is 23.3 Å². The number of halogens is 2. The van der Waals surface area contributed by atoms with E-state index >= 15 is 4.39 Å². The molecule has 3 aliphatic rings. The summed E-state index contributed by atoms with van der Waals surface area (Å²) in [5.74, 6) is -1.12. The second-order valence-electron chi connectivity index (χ2n) is 11.2. The van der Waals surface area contributed by atoms with Crippen molar-refractivity contribution in [2.45, 2.75) is 50.7 Å². The van der Waals surface area contributed by atoms with Crippen molar-refractivity contribution in [2.24, 2.45) is 5.41 Å². The maximum atomic E-state index is 15.1. The van der Waals surface area contributed by atoms with Gasteiger partial charge in [-0.3, -0.25) is 14.5 Å². The van der Waals surface area contributed by atoms with Gasteiger partial charge in [-0.1, -0.05) is 0 Å². The fourth-order valence-corrected chi connectivity index (χ4v) is 5.37. The zero-order chi connectivity index (χ0) is 29.8. The SMILES string of the molecule is O=C(Nc1ccc(Oc2ccnc3ncc(OCCN4CCOCC4)nc23)c(F)c1)C1(C(=O)NC2CCC(F)CC2)CC1. The lowest BCUT2D eigenvalue weighted by atomic mass is 9.93. The third-order valence-electron chi connectivity index (χ3n) is 8.17. The molecule has 1 aliphatic heterocycles. The molecule has 0 spiro atoms. The maximum absolute atomic E-state index is 15.1. The van der Waals surface area contributed by atoms with E-state index in [1.807, 2.05) is 0 Å². The van der Waals surface area contributed by atoms with Crippen LogP contribution in [0.25, 0.3) is 11.2 Å². The number of pyridine rings is 1. The van der Waals surface area contributed by atoms with Crippen LogP contribution in [0, 0.1) is 11.2 Å². The van der Waals surface area contributed by atoms with Crippen molar-refractivity contribution >= 4 is 28.7 Å². The molecule has 3 aromatic rings. The van der Waals surface area contributed by atoms with Crippen molar-refractivity contribution < 1.29 is 32.6 Å². The summed E-state index contributed by atoms with van der Waals surface area (Å²) in [5, 5.41) is 5.58. The van der Waals surface area contributed by atoms with Crippen LogP contribution in [0.2, 0.25) is 0 Å². The molecule has 2 aromatic heterocycles. The van der Waals surface area contributed by atoms with E-state index in [9.17, 15) is 14.0 Å². The quantitative estimate of drug-likeness (QED) is 0.336. The third-order valence-corrected chi connectivity index (χ3v) is 8.17. The van der Waals surface area contributed by atoms with Crippen LogP contribution in [-0.4, -0.2) is 83.3 Å². The molecule has 2 amide bonds. The van der Waals surface area contributed by atoms with Crippen molar-refractivity contribution in [2.75, 3.05) is 44.8 Å². The van der Waals surface area contributed by atoms with E-state index in [4.69, 9.17) is 14.2 Å². The number of nitrogens with one attached hydrogen (secondary N) is 2. The normalized spacial score (nSPS) is 21.6. The first-order valence-electron chi connectivity index (χ1n) is 14.7. The van der Waals surface area contributed by atoms with Gasteiger partial charge in [0.2, 0.25) is 17.7 Å². The molecule has 2 saturated carbocycles. The van der Waals surface area contributed by atoms with Gasteiger partial charge in [-0.05, 0) is 50.7 Å². The van der Waals surface area contributed by atoms with Crippen LogP contribution in [0.1, 0.15) is 38.5 Å². The number of aromatic nitrogens is 3. The summed E-state index contributed by atoms with van der Waals surface area (Å²) in [6.45, 7) is 4.25. The van der Waals surface area contributed by atoms with E-state index in [0.29, 0.717) is 75.4 Å². The van der Waals surface area contributed by atoms with Crippen LogP contribution in [0.4, 0.5) is 14.5 Å². The lowest BCUT2D eigenvalue weighted by Crippen LogP contribution is -2.45. The van der Waals surface area contributed by atoms with Gasteiger partial charge in [-0.2, -0.15) is 0 Å². The number of ether oxygens (including phenoxy) is 3. The predicted molar refractivity (Wildman–Crippen MR) is 152 cm³/mol. The second kappa shape index (κ2) is 12.7. The minimum atomic E-state index is -1.19. The molecule has 0 radical (unpaired) electrons. The number of carbonyl (C=O) groups excluding carboxylic acids is 2. The first-order valence-corrected chi connectivity index (χ1v) is 14.7. The molecular weight excluding hydrogens is 562 g/mol. The Bertz CT molecular complexity index is 1470. The molecule has 3 heterocycles. The topological polar surface area (TPSA) is 128 Å². The minimum absolute atomic E-state index is 0.0896. The maximum Gasteiger partial charge on any atom is 0.240 e. The van der Waals surface area contributed by atoms with Crippen LogP contribution < -0.4 is 20.1 Å². The molecular formula is C30H34F2N6O5. The lowest BCUT2D eigenvalue weighted by molar-refractivity contribution is -0.135. The Kier molecular flexibility index (Phi) is 8.61. The van der Waals surface area contributed by atoms with Gasteiger partial charge in [0.05, 0.1) is 19.4 Å². The third kappa shape index (κ3) is 6.83. The fourth-order valence-electron chi connectivity index (χ4n) is 5.37. The Morgan fingerprint density at radius 3 is 2.58 bits per heavy atom. The van der Waals surface area contributed by atoms with Crippen molar-refractivity contribution in [3.05, 3.63) is 42.5 Å². The Balaban J connectivity index is 1.08. The molecule has 0 atom stereocenters. The molecule has 3 fully saturated rings. The van der Waals surface area contributed by atoms with Crippen LogP contribution in [0.3, 0.4) is 0 Å². The molecule has 1 aromatic carbocycles. The molecule has 228 valence electrons. The van der Waals surface area contributed by atoms with Crippen molar-refractivity contribution in [1.29, 1.82) is 0 Å². The second-order valence-corrected chi connectivity index (χ2v) is 11.2. The Hall–Kier alpha value is -3.97. The van der Waals surface area contributed by atoms with Gasteiger partial charge < -0.3 is 24.8 Å². The number of benzene rings is 1. The summed E-state index contributed by atoms with van der Waals surface area (Å²) in [6, 6.07) is 5.45. The summed E-state index contributed by atoms with van der Waals surface area (Å²) in [7, 11) is 0. The highest BCUT2D eigenvalue weighted by molar-refractivity contribution is 6.13. The summed E-state index contributed by atoms with van der Waals surface area (Å²) in [4.78, 5) is 41.2. The van der Waals surface area contributed by atoms with E-state index in [0.717, 1.165) is 25.7 Å². The number of hydrogen-bond donors (Lipinski definition) is 2. The summed E-state index contributed by atoms with van der Waals surface area (Å²) >= 11 is 0. The average Bonchev–Trinajstić information content (AvgIpc) is 3.83. The van der Waals surface area contributed by atoms with E-state index in [2.05, 4.69) is 30.5 Å². The smallest absolute Gasteiger partial charge is 0.240 e. The number of morpholine rings is 1. The highest BCUT2D eigenvalue weighted by Crippen LogP contribution is 2.47. The van der Waals surface area contributed by atoms with Gasteiger partial charge in [0.15, 0.2) is 28.5 Å². The van der Waals surface area contributed by atoms with Crippen molar-refractivity contribution in [3.8, 4) is 17.4 Å². The largest absolute Gasteiger partial charge is 0.475 e. The number of carbonyl (C=O) groups is 2. The van der Waals surface area contributed by atoms with Gasteiger partial charge >= 0.3 is 0 Å². The summed E-state index contributed by atoms with van der Waals surface area (Å²) < 4.78 is 45.6. The number of alkyl halides is 1. The highest BCUT2D eigenvalue weighted by atomic mass is 19.1. The molecule has 2 N–H and O–H groups in total. The van der Waals surface area contributed by atoms with E-state index in [1.54, 1.807) is 6.07 Å². The van der Waals surface area contributed by atoms with E-state index in [1.165, 1.54) is 24.5 Å². The zero-order valence-electron chi connectivity index (χ0n) is 23.7. The monoisotopic (exact) mass is 596 g/mol. The first-order chi connectivity index (χ1) is 20.9. The molecule has 13 heteroatoms. The predicted octanol–water partition coefficient (Wildman–Crippen LogP) is 3.78. The van der Waals surface area contributed by atoms with Gasteiger partial charge in [-0.25, -0.2) is 23.7 Å². The number of fused-ring (bicyclic) bond motifs is 1. The van der Waals surface area contributed by atoms with Crippen LogP contribution in [0.5, 0.6) is 17.4 Å². The molecule has 11 nitrogen and oxygen atoms in total. The van der Waals surface area contributed by atoms with Crippen LogP contribution in [-0.2, 0) is 14.3 Å². The Morgan fingerprint density at radius 1 is 1.05 bits per heavy atom. The molecule has 0 bridgehead atoms. The summed E-state index contributed by atoms with van der Waals surface area (Å²) in [5.41, 5.74) is -0.366. The van der Waals surface area contributed by atoms with E-state index in [-0.39, 0.29) is 29.1 Å².